The van der Waals surface area contributed by atoms with E-state index in [9.17, 15) is 0 Å². The van der Waals surface area contributed by atoms with Gasteiger partial charge in [0, 0.05) is 37.6 Å². The number of fused-ring (bicyclic) bond motifs is 4. The predicted molar refractivity (Wildman–Crippen MR) is 226 cm³/mol. The van der Waals surface area contributed by atoms with Crippen molar-refractivity contribution < 1.29 is 0 Å². The maximum atomic E-state index is 5.37. The molecule has 1 aliphatic heterocycles. The molecule has 3 atom stereocenters. The first-order valence-electron chi connectivity index (χ1n) is 18.3. The van der Waals surface area contributed by atoms with Crippen molar-refractivity contribution in [2.75, 3.05) is 0 Å². The van der Waals surface area contributed by atoms with Gasteiger partial charge in [-0.05, 0) is 68.8 Å². The molecule has 2 aliphatic carbocycles. The minimum absolute atomic E-state index is 0.0100. The normalized spacial score (nSPS) is 19.2. The molecule has 0 radical (unpaired) electrons. The molecular weight excluding hydrogens is 661 g/mol. The Morgan fingerprint density at radius 1 is 0.491 bits per heavy atom. The van der Waals surface area contributed by atoms with Crippen LogP contribution in [0.15, 0.2) is 205 Å². The van der Waals surface area contributed by atoms with Crippen LogP contribution in [0, 0.1) is 11.8 Å². The molecule has 7 aromatic rings. The van der Waals surface area contributed by atoms with Crippen molar-refractivity contribution >= 4 is 48.6 Å². The Kier molecular flexibility index (Phi) is 7.92. The van der Waals surface area contributed by atoms with Gasteiger partial charge in [0.15, 0.2) is 0 Å². The topological polar surface area (TPSA) is 24.4 Å². The molecule has 0 saturated heterocycles. The summed E-state index contributed by atoms with van der Waals surface area (Å²) < 4.78 is 2.66. The van der Waals surface area contributed by atoms with Crippen LogP contribution in [0.3, 0.4) is 0 Å². The molecule has 0 bridgehead atoms. The second-order valence-corrected chi connectivity index (χ2v) is 15.0. The zero-order chi connectivity index (χ0) is 35.1. The molecule has 0 saturated carbocycles. The Labute approximate surface area is 314 Å². The van der Waals surface area contributed by atoms with Gasteiger partial charge in [-0.3, -0.25) is 0 Å². The van der Waals surface area contributed by atoms with E-state index in [-0.39, 0.29) is 17.9 Å². The number of hydrogen-bond acceptors (Lipinski definition) is 3. The van der Waals surface area contributed by atoms with Gasteiger partial charge in [-0.1, -0.05) is 170 Å². The molecule has 1 aromatic heterocycles. The van der Waals surface area contributed by atoms with Crippen molar-refractivity contribution in [3.05, 3.63) is 216 Å². The number of rotatable bonds is 6. The van der Waals surface area contributed by atoms with Crippen LogP contribution in [-0.4, -0.2) is 5.84 Å². The summed E-state index contributed by atoms with van der Waals surface area (Å²) >= 11 is 1.87. The first-order valence-corrected chi connectivity index (χ1v) is 19.1. The highest BCUT2D eigenvalue weighted by atomic mass is 32.1. The van der Waals surface area contributed by atoms with E-state index in [4.69, 9.17) is 4.99 Å². The SMILES string of the molecule is C1=CC2C(C3=NC(c4ccc(-c5ccccc5)cc4)=CC(c4ccccc4)N3)=CC=C(c3ccccc3-c3ccc4sc5ccccc5c4c3)C2C=C1. The van der Waals surface area contributed by atoms with Gasteiger partial charge >= 0.3 is 0 Å². The summed E-state index contributed by atoms with van der Waals surface area (Å²) in [4.78, 5) is 5.37. The first-order chi connectivity index (χ1) is 26.3. The Morgan fingerprint density at radius 2 is 1.09 bits per heavy atom. The minimum Gasteiger partial charge on any atom is -0.359 e. The van der Waals surface area contributed by atoms with E-state index in [0.29, 0.717) is 0 Å². The maximum Gasteiger partial charge on any atom is 0.131 e. The number of benzene rings is 6. The maximum absolute atomic E-state index is 5.37. The molecule has 10 rings (SSSR count). The number of nitrogens with zero attached hydrogens (tertiary/aromatic N) is 1. The van der Waals surface area contributed by atoms with Crippen molar-refractivity contribution in [1.29, 1.82) is 0 Å². The standard InChI is InChI=1S/C50H36N2S/c1-3-13-33(14-4-1)34-23-25-36(26-24-34)47-32-46(35-15-5-2-6-16-35)51-50(52-47)44-29-28-42(40-19-9-10-20-41(40)44)39-18-8-7-17-38(39)37-27-30-49-45(31-37)43-21-11-12-22-48(43)53-49/h1-32,40-41,46H,(H,51,52). The van der Waals surface area contributed by atoms with Gasteiger partial charge in [0.05, 0.1) is 11.7 Å². The Morgan fingerprint density at radius 3 is 1.91 bits per heavy atom. The summed E-state index contributed by atoms with van der Waals surface area (Å²) in [5.41, 5.74) is 12.0. The third kappa shape index (κ3) is 5.80. The molecule has 3 unspecified atom stereocenters. The van der Waals surface area contributed by atoms with E-state index in [1.807, 2.05) is 11.3 Å². The van der Waals surface area contributed by atoms with E-state index in [1.54, 1.807) is 0 Å². The predicted octanol–water partition coefficient (Wildman–Crippen LogP) is 12.9. The number of amidine groups is 1. The van der Waals surface area contributed by atoms with Crippen LogP contribution in [0.2, 0.25) is 0 Å². The molecule has 0 spiro atoms. The highest BCUT2D eigenvalue weighted by Crippen LogP contribution is 2.45. The number of allylic oxidation sites excluding steroid dienone is 7. The van der Waals surface area contributed by atoms with Crippen molar-refractivity contribution in [1.82, 2.24) is 5.32 Å². The van der Waals surface area contributed by atoms with E-state index in [1.165, 1.54) is 64.7 Å². The van der Waals surface area contributed by atoms with Gasteiger partial charge in [-0.15, -0.1) is 11.3 Å². The molecule has 0 fully saturated rings. The third-order valence-electron chi connectivity index (χ3n) is 10.8. The number of nitrogens with one attached hydrogen (secondary N) is 1. The van der Waals surface area contributed by atoms with Gasteiger partial charge in [0.25, 0.3) is 0 Å². The fourth-order valence-electron chi connectivity index (χ4n) is 8.14. The zero-order valence-electron chi connectivity index (χ0n) is 29.1. The average molecular weight is 697 g/mol. The van der Waals surface area contributed by atoms with Crippen molar-refractivity contribution in [2.45, 2.75) is 6.04 Å². The van der Waals surface area contributed by atoms with Crippen molar-refractivity contribution in [2.24, 2.45) is 16.8 Å². The second-order valence-electron chi connectivity index (χ2n) is 13.9. The lowest BCUT2D eigenvalue weighted by Gasteiger charge is -2.35. The van der Waals surface area contributed by atoms with Crippen molar-refractivity contribution in [3.63, 3.8) is 0 Å². The van der Waals surface area contributed by atoms with Crippen LogP contribution in [0.1, 0.15) is 22.7 Å². The molecule has 2 nitrogen and oxygen atoms in total. The number of thiophene rings is 1. The number of aliphatic imine (C=N–C) groups is 1. The van der Waals surface area contributed by atoms with Crippen LogP contribution in [0.4, 0.5) is 0 Å². The molecular formula is C50H36N2S. The van der Waals surface area contributed by atoms with Crippen LogP contribution in [0.25, 0.3) is 53.7 Å². The van der Waals surface area contributed by atoms with E-state index < -0.39 is 0 Å². The lowest BCUT2D eigenvalue weighted by Crippen LogP contribution is -2.36. The van der Waals surface area contributed by atoms with Gasteiger partial charge in [-0.25, -0.2) is 4.99 Å². The van der Waals surface area contributed by atoms with Gasteiger partial charge in [0.1, 0.15) is 5.84 Å². The quantitative estimate of drug-likeness (QED) is 0.184. The van der Waals surface area contributed by atoms with Gasteiger partial charge < -0.3 is 5.32 Å². The molecule has 2 heterocycles. The van der Waals surface area contributed by atoms with Crippen LogP contribution in [0.5, 0.6) is 0 Å². The Bertz CT molecular complexity index is 2690. The van der Waals surface area contributed by atoms with E-state index in [0.717, 1.165) is 17.1 Å². The minimum atomic E-state index is -0.0100. The monoisotopic (exact) mass is 696 g/mol. The summed E-state index contributed by atoms with van der Waals surface area (Å²) in [6.07, 6.45) is 16.0. The van der Waals surface area contributed by atoms with Gasteiger partial charge in [-0.2, -0.15) is 0 Å². The van der Waals surface area contributed by atoms with E-state index >= 15 is 0 Å². The Hall–Kier alpha value is -6.29. The first kappa shape index (κ1) is 31.4. The molecule has 6 aromatic carbocycles. The fraction of sp³-hybridized carbons (Fsp3) is 0.0600. The Balaban J connectivity index is 1.06. The highest BCUT2D eigenvalue weighted by molar-refractivity contribution is 7.25. The second kappa shape index (κ2) is 13.4. The summed E-state index contributed by atoms with van der Waals surface area (Å²) in [6.45, 7) is 0. The fourth-order valence-corrected chi connectivity index (χ4v) is 9.23. The van der Waals surface area contributed by atoms with Crippen LogP contribution in [-0.2, 0) is 0 Å². The molecule has 1 N–H and O–H groups in total. The summed E-state index contributed by atoms with van der Waals surface area (Å²) in [5.74, 6) is 1.24. The smallest absolute Gasteiger partial charge is 0.131 e. The third-order valence-corrected chi connectivity index (χ3v) is 11.9. The molecule has 3 aliphatic rings. The van der Waals surface area contributed by atoms with Gasteiger partial charge in [0.2, 0.25) is 0 Å². The zero-order valence-corrected chi connectivity index (χ0v) is 29.9. The van der Waals surface area contributed by atoms with Crippen LogP contribution >= 0.6 is 11.3 Å². The molecule has 252 valence electrons. The summed E-state index contributed by atoms with van der Waals surface area (Å²) in [5, 5.41) is 6.50. The lowest BCUT2D eigenvalue weighted by molar-refractivity contribution is 0.649. The summed E-state index contributed by atoms with van der Waals surface area (Å²) in [6, 6.07) is 54.7. The summed E-state index contributed by atoms with van der Waals surface area (Å²) in [7, 11) is 0. The molecule has 53 heavy (non-hydrogen) atoms. The highest BCUT2D eigenvalue weighted by Gasteiger charge is 2.34. The lowest BCUT2D eigenvalue weighted by atomic mass is 9.71. The van der Waals surface area contributed by atoms with Crippen LogP contribution < -0.4 is 5.32 Å². The molecule has 0 amide bonds. The molecule has 3 heteroatoms. The number of hydrogen-bond donors (Lipinski definition) is 1. The van der Waals surface area contributed by atoms with Crippen molar-refractivity contribution in [3.8, 4) is 22.3 Å². The largest absolute Gasteiger partial charge is 0.359 e. The average Bonchev–Trinajstić information content (AvgIpc) is 3.62. The van der Waals surface area contributed by atoms with E-state index in [2.05, 4.69) is 200 Å².